The average Bonchev–Trinajstić information content (AvgIpc) is 2.98. The molecule has 118 valence electrons. The van der Waals surface area contributed by atoms with Crippen molar-refractivity contribution in [3.05, 3.63) is 47.0 Å². The molecule has 1 amide bonds. The molecule has 0 aliphatic rings. The lowest BCUT2D eigenvalue weighted by Crippen LogP contribution is -2.18. The van der Waals surface area contributed by atoms with Crippen LogP contribution in [-0.2, 0) is 4.84 Å². The molecular formula is C15H13ClN4O3. The van der Waals surface area contributed by atoms with Crippen LogP contribution < -0.4 is 11.0 Å². The first-order valence-corrected chi connectivity index (χ1v) is 7.03. The molecule has 0 saturated heterocycles. The van der Waals surface area contributed by atoms with Crippen LogP contribution in [0.4, 0.5) is 5.69 Å². The molecule has 0 saturated carbocycles. The summed E-state index contributed by atoms with van der Waals surface area (Å²) in [5, 5.41) is 9.23. The zero-order chi connectivity index (χ0) is 16.4. The third-order valence-corrected chi connectivity index (χ3v) is 3.62. The fraction of sp³-hybridized carbons (Fsp3) is 0.0667. The van der Waals surface area contributed by atoms with Crippen molar-refractivity contribution in [3.63, 3.8) is 0 Å². The highest BCUT2D eigenvalue weighted by Gasteiger charge is 2.12. The largest absolute Gasteiger partial charge is 0.338 e. The highest BCUT2D eigenvalue weighted by atomic mass is 35.5. The van der Waals surface area contributed by atoms with Crippen LogP contribution in [0.2, 0.25) is 5.02 Å². The average molecular weight is 333 g/mol. The maximum Gasteiger partial charge on any atom is 0.274 e. The molecule has 0 atom stereocenters. The molecule has 1 heterocycles. The summed E-state index contributed by atoms with van der Waals surface area (Å²) in [6.45, 7) is 0. The minimum Gasteiger partial charge on any atom is -0.338 e. The van der Waals surface area contributed by atoms with Gasteiger partial charge in [0, 0.05) is 11.1 Å². The zero-order valence-corrected chi connectivity index (χ0v) is 12.8. The van der Waals surface area contributed by atoms with Gasteiger partial charge in [-0.3, -0.25) is 20.3 Å². The van der Waals surface area contributed by atoms with Gasteiger partial charge in [-0.15, -0.1) is 0 Å². The second-order valence-electron chi connectivity index (χ2n) is 4.76. The molecule has 0 bridgehead atoms. The van der Waals surface area contributed by atoms with Gasteiger partial charge in [-0.05, 0) is 36.4 Å². The van der Waals surface area contributed by atoms with Crippen molar-refractivity contribution in [1.82, 2.24) is 15.4 Å². The number of carbonyl (C=O) groups is 1. The third-order valence-electron chi connectivity index (χ3n) is 3.29. The number of aromatic amines is 1. The summed E-state index contributed by atoms with van der Waals surface area (Å²) in [6, 6.07) is 10.2. The number of fused-ring (bicyclic) bond motifs is 1. The summed E-state index contributed by atoms with van der Waals surface area (Å²) in [5.74, 6) is -0.0290. The number of H-pyrrole nitrogens is 1. The molecule has 0 aliphatic carbocycles. The quantitative estimate of drug-likeness (QED) is 0.435. The number of amides is 1. The smallest absolute Gasteiger partial charge is 0.274 e. The number of rotatable bonds is 4. The van der Waals surface area contributed by atoms with Crippen LogP contribution in [0.15, 0.2) is 36.4 Å². The number of anilines is 1. The van der Waals surface area contributed by atoms with Crippen LogP contribution >= 0.6 is 11.6 Å². The molecule has 0 radical (unpaired) electrons. The van der Waals surface area contributed by atoms with E-state index in [0.717, 1.165) is 5.69 Å². The first kappa shape index (κ1) is 15.3. The lowest BCUT2D eigenvalue weighted by molar-refractivity contribution is 0.0706. The van der Waals surface area contributed by atoms with Crippen LogP contribution in [0.5, 0.6) is 0 Å². The third kappa shape index (κ3) is 2.98. The van der Waals surface area contributed by atoms with Gasteiger partial charge >= 0.3 is 0 Å². The highest BCUT2D eigenvalue weighted by Crippen LogP contribution is 2.30. The molecule has 4 N–H and O–H groups in total. The van der Waals surface area contributed by atoms with Crippen LogP contribution in [-0.4, -0.2) is 28.2 Å². The summed E-state index contributed by atoms with van der Waals surface area (Å²) in [5.41, 5.74) is 7.40. The fourth-order valence-corrected chi connectivity index (χ4v) is 2.44. The monoisotopic (exact) mass is 332 g/mol. The highest BCUT2D eigenvalue weighted by molar-refractivity contribution is 6.33. The van der Waals surface area contributed by atoms with E-state index in [0.29, 0.717) is 33.0 Å². The molecule has 8 heteroatoms. The van der Waals surface area contributed by atoms with Crippen molar-refractivity contribution in [2.45, 2.75) is 0 Å². The SMILES string of the molecule is CONc1ccc(Cl)c(-c2nc3ccc(C(=O)NO)cc3[nH]2)c1. The second-order valence-corrected chi connectivity index (χ2v) is 5.17. The molecule has 0 unspecified atom stereocenters. The van der Waals surface area contributed by atoms with E-state index < -0.39 is 5.91 Å². The zero-order valence-electron chi connectivity index (χ0n) is 12.1. The number of nitrogens with zero attached hydrogens (tertiary/aromatic N) is 1. The Kier molecular flexibility index (Phi) is 4.16. The Bertz CT molecular complexity index is 878. The van der Waals surface area contributed by atoms with Crippen molar-refractivity contribution >= 4 is 34.2 Å². The van der Waals surface area contributed by atoms with Gasteiger partial charge in [0.1, 0.15) is 5.82 Å². The first-order chi connectivity index (χ1) is 11.1. The maximum absolute atomic E-state index is 11.5. The van der Waals surface area contributed by atoms with Crippen molar-refractivity contribution in [2.24, 2.45) is 0 Å². The molecule has 0 aliphatic heterocycles. The van der Waals surface area contributed by atoms with Gasteiger partial charge in [-0.1, -0.05) is 11.6 Å². The number of benzene rings is 2. The number of halogens is 1. The minimum absolute atomic E-state index is 0.316. The van der Waals surface area contributed by atoms with Gasteiger partial charge in [-0.2, -0.15) is 0 Å². The Morgan fingerprint density at radius 3 is 2.87 bits per heavy atom. The summed E-state index contributed by atoms with van der Waals surface area (Å²) >= 11 is 6.24. The van der Waals surface area contributed by atoms with Gasteiger partial charge in [0.2, 0.25) is 0 Å². The van der Waals surface area contributed by atoms with Crippen molar-refractivity contribution in [2.75, 3.05) is 12.6 Å². The molecule has 1 aromatic heterocycles. The molecular weight excluding hydrogens is 320 g/mol. The fourth-order valence-electron chi connectivity index (χ4n) is 2.23. The number of nitrogens with one attached hydrogen (secondary N) is 3. The first-order valence-electron chi connectivity index (χ1n) is 6.65. The van der Waals surface area contributed by atoms with E-state index in [1.165, 1.54) is 7.11 Å². The predicted molar refractivity (Wildman–Crippen MR) is 86.4 cm³/mol. The molecule has 7 nitrogen and oxygen atoms in total. The summed E-state index contributed by atoms with van der Waals surface area (Å²) in [7, 11) is 1.52. The van der Waals surface area contributed by atoms with Gasteiger partial charge < -0.3 is 4.98 Å². The van der Waals surface area contributed by atoms with E-state index in [2.05, 4.69) is 15.4 Å². The van der Waals surface area contributed by atoms with Crippen molar-refractivity contribution in [1.29, 1.82) is 0 Å². The minimum atomic E-state index is -0.590. The van der Waals surface area contributed by atoms with Gasteiger partial charge in [-0.25, -0.2) is 10.5 Å². The molecule has 0 fully saturated rings. The Morgan fingerprint density at radius 2 is 2.13 bits per heavy atom. The van der Waals surface area contributed by atoms with E-state index in [-0.39, 0.29) is 0 Å². The second kappa shape index (κ2) is 6.25. The van der Waals surface area contributed by atoms with E-state index in [1.807, 2.05) is 0 Å². The standard InChI is InChI=1S/C15H13ClN4O3/c1-23-20-9-3-4-11(16)10(7-9)14-17-12-5-2-8(15(21)19-22)6-13(12)18-14/h2-7,20,22H,1H3,(H,17,18)(H,19,21). The van der Waals surface area contributed by atoms with Crippen LogP contribution in [0, 0.1) is 0 Å². The van der Waals surface area contributed by atoms with Gasteiger partial charge in [0.05, 0.1) is 28.9 Å². The lowest BCUT2D eigenvalue weighted by Gasteiger charge is -2.06. The number of hydroxylamine groups is 1. The predicted octanol–water partition coefficient (Wildman–Crippen LogP) is 2.98. The number of hydrogen-bond donors (Lipinski definition) is 4. The maximum atomic E-state index is 11.5. The Morgan fingerprint density at radius 1 is 1.30 bits per heavy atom. The lowest BCUT2D eigenvalue weighted by atomic mass is 10.2. The van der Waals surface area contributed by atoms with Crippen LogP contribution in [0.1, 0.15) is 10.4 Å². The summed E-state index contributed by atoms with van der Waals surface area (Å²) in [4.78, 5) is 23.9. The molecule has 3 aromatic rings. The normalized spacial score (nSPS) is 10.7. The molecule has 3 rings (SSSR count). The van der Waals surface area contributed by atoms with Crippen molar-refractivity contribution in [3.8, 4) is 11.4 Å². The van der Waals surface area contributed by atoms with E-state index in [9.17, 15) is 4.79 Å². The molecule has 0 spiro atoms. The van der Waals surface area contributed by atoms with Crippen LogP contribution in [0.25, 0.3) is 22.4 Å². The summed E-state index contributed by atoms with van der Waals surface area (Å²) < 4.78 is 0. The van der Waals surface area contributed by atoms with E-state index in [4.69, 9.17) is 21.6 Å². The Labute approximate surface area is 136 Å². The summed E-state index contributed by atoms with van der Waals surface area (Å²) in [6.07, 6.45) is 0. The number of imidazole rings is 1. The Hall–Kier alpha value is -2.61. The van der Waals surface area contributed by atoms with Gasteiger partial charge in [0.15, 0.2) is 0 Å². The topological polar surface area (TPSA) is 99.3 Å². The van der Waals surface area contributed by atoms with Crippen LogP contribution in [0.3, 0.4) is 0 Å². The molecule has 2 aromatic carbocycles. The molecule has 23 heavy (non-hydrogen) atoms. The van der Waals surface area contributed by atoms with E-state index in [1.54, 1.807) is 41.9 Å². The number of carbonyl (C=O) groups excluding carboxylic acids is 1. The van der Waals surface area contributed by atoms with Crippen molar-refractivity contribution < 1.29 is 14.8 Å². The van der Waals surface area contributed by atoms with Gasteiger partial charge in [0.25, 0.3) is 5.91 Å². The van der Waals surface area contributed by atoms with E-state index >= 15 is 0 Å². The number of hydrogen-bond acceptors (Lipinski definition) is 5. The Balaban J connectivity index is 2.06. The number of aromatic nitrogens is 2.